The zero-order valence-electron chi connectivity index (χ0n) is 13.6. The average molecular weight is 355 g/mol. The molecule has 0 aliphatic rings. The fraction of sp³-hybridized carbons (Fsp3) is 0.500. The van der Waals surface area contributed by atoms with Crippen molar-refractivity contribution in [1.82, 2.24) is 19.3 Å². The third-order valence-electron chi connectivity index (χ3n) is 3.75. The van der Waals surface area contributed by atoms with Crippen molar-refractivity contribution in [1.29, 1.82) is 0 Å². The number of aryl methyl sites for hydroxylation is 1. The van der Waals surface area contributed by atoms with E-state index < -0.39 is 21.3 Å². The average Bonchev–Trinajstić information content (AvgIpc) is 2.56. The second kappa shape index (κ2) is 7.24. The Morgan fingerprint density at radius 1 is 1.42 bits per heavy atom. The van der Waals surface area contributed by atoms with Crippen LogP contribution in [0.2, 0.25) is 0 Å². The molecular weight excluding hydrogens is 334 g/mol. The first-order valence-electron chi connectivity index (χ1n) is 7.61. The number of aromatic amines is 1. The first kappa shape index (κ1) is 18.3. The number of aromatic nitrogens is 3. The number of nitrogens with zero attached hydrogens (tertiary/aromatic N) is 2. The molecule has 0 radical (unpaired) electrons. The smallest absolute Gasteiger partial charge is 0.329 e. The fourth-order valence-corrected chi connectivity index (χ4v) is 3.58. The van der Waals surface area contributed by atoms with E-state index in [1.165, 1.54) is 13.1 Å². The molecule has 2 aromatic rings. The van der Waals surface area contributed by atoms with Gasteiger partial charge in [-0.05, 0) is 12.5 Å². The van der Waals surface area contributed by atoms with Gasteiger partial charge in [0.15, 0.2) is 0 Å². The molecule has 2 heterocycles. The van der Waals surface area contributed by atoms with Crippen molar-refractivity contribution in [2.75, 3.05) is 6.54 Å². The van der Waals surface area contributed by atoms with Gasteiger partial charge in [0.2, 0.25) is 10.0 Å². The maximum atomic E-state index is 12.5. The summed E-state index contributed by atoms with van der Waals surface area (Å²) in [5.74, 6) is 0. The molecule has 24 heavy (non-hydrogen) atoms. The summed E-state index contributed by atoms with van der Waals surface area (Å²) in [6.07, 6.45) is 3.53. The second-order valence-corrected chi connectivity index (χ2v) is 7.27. The molecule has 2 rings (SSSR count). The van der Waals surface area contributed by atoms with Crippen LogP contribution in [0.1, 0.15) is 26.2 Å². The summed E-state index contributed by atoms with van der Waals surface area (Å²) >= 11 is 0. The summed E-state index contributed by atoms with van der Waals surface area (Å²) in [5.41, 5.74) is 4.43. The summed E-state index contributed by atoms with van der Waals surface area (Å²) < 4.78 is 28.6. The molecule has 0 fully saturated rings. The standard InChI is InChI=1S/C14H21N5O4S/c1-3-4-5-9(7-15)18-24(22,23)10-6-11-12(16-8-10)19(2)14(21)17-13(11)20/h6,8-9,18H,3-5,7,15H2,1-2H3,(H,17,20,21). The van der Waals surface area contributed by atoms with Crippen LogP contribution in [0.4, 0.5) is 0 Å². The molecule has 10 heteroatoms. The third kappa shape index (κ3) is 3.71. The van der Waals surface area contributed by atoms with Gasteiger partial charge in [-0.1, -0.05) is 19.8 Å². The number of pyridine rings is 1. The molecule has 0 spiro atoms. The quantitative estimate of drug-likeness (QED) is 0.607. The lowest BCUT2D eigenvalue weighted by atomic mass is 10.1. The van der Waals surface area contributed by atoms with Crippen LogP contribution < -0.4 is 21.7 Å². The van der Waals surface area contributed by atoms with E-state index in [-0.39, 0.29) is 28.5 Å². The number of H-pyrrole nitrogens is 1. The van der Waals surface area contributed by atoms with Crippen molar-refractivity contribution in [2.24, 2.45) is 12.8 Å². The number of hydrogen-bond donors (Lipinski definition) is 3. The summed E-state index contributed by atoms with van der Waals surface area (Å²) in [5, 5.41) is 0.0258. The molecule has 0 aromatic carbocycles. The lowest BCUT2D eigenvalue weighted by Crippen LogP contribution is -2.40. The van der Waals surface area contributed by atoms with E-state index in [1.807, 2.05) is 6.92 Å². The van der Waals surface area contributed by atoms with Crippen LogP contribution in [-0.2, 0) is 17.1 Å². The molecule has 2 aromatic heterocycles. The number of nitrogens with one attached hydrogen (secondary N) is 2. The van der Waals surface area contributed by atoms with Gasteiger partial charge in [-0.2, -0.15) is 0 Å². The van der Waals surface area contributed by atoms with Gasteiger partial charge in [0, 0.05) is 25.8 Å². The maximum Gasteiger partial charge on any atom is 0.329 e. The van der Waals surface area contributed by atoms with Crippen LogP contribution in [0.15, 0.2) is 26.7 Å². The van der Waals surface area contributed by atoms with E-state index in [2.05, 4.69) is 14.7 Å². The van der Waals surface area contributed by atoms with Crippen molar-refractivity contribution in [3.05, 3.63) is 33.1 Å². The van der Waals surface area contributed by atoms with Gasteiger partial charge in [-0.15, -0.1) is 0 Å². The van der Waals surface area contributed by atoms with E-state index >= 15 is 0 Å². The number of rotatable bonds is 7. The Morgan fingerprint density at radius 2 is 2.12 bits per heavy atom. The largest absolute Gasteiger partial charge is 0.329 e. The Morgan fingerprint density at radius 3 is 2.75 bits per heavy atom. The minimum atomic E-state index is -3.87. The lowest BCUT2D eigenvalue weighted by molar-refractivity contribution is 0.516. The van der Waals surface area contributed by atoms with Crippen LogP contribution in [-0.4, -0.2) is 35.5 Å². The highest BCUT2D eigenvalue weighted by molar-refractivity contribution is 7.89. The van der Waals surface area contributed by atoms with Crippen LogP contribution in [0.5, 0.6) is 0 Å². The van der Waals surface area contributed by atoms with Crippen LogP contribution in [0.25, 0.3) is 11.0 Å². The number of nitrogens with two attached hydrogens (primary N) is 1. The molecule has 0 aliphatic heterocycles. The normalized spacial score (nSPS) is 13.3. The van der Waals surface area contributed by atoms with Crippen molar-refractivity contribution in [3.8, 4) is 0 Å². The SMILES string of the molecule is CCCCC(CN)NS(=O)(=O)c1cnc2c(c1)c(=O)[nH]c(=O)n2C. The zero-order valence-corrected chi connectivity index (χ0v) is 14.4. The molecule has 1 atom stereocenters. The van der Waals surface area contributed by atoms with Crippen molar-refractivity contribution in [3.63, 3.8) is 0 Å². The highest BCUT2D eigenvalue weighted by Gasteiger charge is 2.21. The number of sulfonamides is 1. The van der Waals surface area contributed by atoms with E-state index in [4.69, 9.17) is 5.73 Å². The Hall–Kier alpha value is -2.04. The number of fused-ring (bicyclic) bond motifs is 1. The van der Waals surface area contributed by atoms with Crippen molar-refractivity contribution < 1.29 is 8.42 Å². The highest BCUT2D eigenvalue weighted by atomic mass is 32.2. The number of hydrogen-bond acceptors (Lipinski definition) is 6. The molecule has 4 N–H and O–H groups in total. The summed E-state index contributed by atoms with van der Waals surface area (Å²) in [6, 6.07) is 0.820. The van der Waals surface area contributed by atoms with Gasteiger partial charge >= 0.3 is 5.69 Å². The fourth-order valence-electron chi connectivity index (χ4n) is 2.33. The predicted octanol–water partition coefficient (Wildman–Crippen LogP) is -0.582. The summed E-state index contributed by atoms with van der Waals surface area (Å²) in [4.78, 5) is 29.4. The molecular formula is C14H21N5O4S. The minimum absolute atomic E-state index is 0.0258. The van der Waals surface area contributed by atoms with Gasteiger partial charge in [-0.3, -0.25) is 14.3 Å². The maximum absolute atomic E-state index is 12.5. The molecule has 9 nitrogen and oxygen atoms in total. The van der Waals surface area contributed by atoms with E-state index in [0.29, 0.717) is 6.42 Å². The van der Waals surface area contributed by atoms with Gasteiger partial charge in [0.05, 0.1) is 5.39 Å². The van der Waals surface area contributed by atoms with E-state index in [0.717, 1.165) is 23.6 Å². The Labute approximate surface area is 139 Å². The van der Waals surface area contributed by atoms with Crippen LogP contribution in [0, 0.1) is 0 Å². The van der Waals surface area contributed by atoms with Crippen LogP contribution in [0.3, 0.4) is 0 Å². The summed E-state index contributed by atoms with van der Waals surface area (Å²) in [7, 11) is -2.43. The molecule has 0 saturated heterocycles. The molecule has 0 saturated carbocycles. The molecule has 0 amide bonds. The Bertz CT molecular complexity index is 948. The van der Waals surface area contributed by atoms with Gasteiger partial charge in [0.25, 0.3) is 5.56 Å². The molecule has 132 valence electrons. The third-order valence-corrected chi connectivity index (χ3v) is 5.24. The first-order chi connectivity index (χ1) is 11.3. The van der Waals surface area contributed by atoms with E-state index in [1.54, 1.807) is 0 Å². The Kier molecular flexibility index (Phi) is 5.52. The van der Waals surface area contributed by atoms with Crippen molar-refractivity contribution in [2.45, 2.75) is 37.1 Å². The highest BCUT2D eigenvalue weighted by Crippen LogP contribution is 2.13. The van der Waals surface area contributed by atoms with Crippen molar-refractivity contribution >= 4 is 21.1 Å². The first-order valence-corrected chi connectivity index (χ1v) is 9.10. The van der Waals surface area contributed by atoms with Gasteiger partial charge < -0.3 is 5.73 Å². The Balaban J connectivity index is 2.44. The predicted molar refractivity (Wildman–Crippen MR) is 90.3 cm³/mol. The lowest BCUT2D eigenvalue weighted by Gasteiger charge is -2.16. The second-order valence-electron chi connectivity index (χ2n) is 5.56. The molecule has 0 bridgehead atoms. The van der Waals surface area contributed by atoms with Gasteiger partial charge in [-0.25, -0.2) is 22.9 Å². The number of unbranched alkanes of at least 4 members (excludes halogenated alkanes) is 1. The molecule has 0 aliphatic carbocycles. The zero-order chi connectivity index (χ0) is 17.9. The summed E-state index contributed by atoms with van der Waals surface area (Å²) in [6.45, 7) is 2.18. The monoisotopic (exact) mass is 355 g/mol. The van der Waals surface area contributed by atoms with E-state index in [9.17, 15) is 18.0 Å². The molecule has 1 unspecified atom stereocenters. The topological polar surface area (TPSA) is 140 Å². The minimum Gasteiger partial charge on any atom is -0.329 e. The van der Waals surface area contributed by atoms with Crippen LogP contribution >= 0.6 is 0 Å². The van der Waals surface area contributed by atoms with Gasteiger partial charge in [0.1, 0.15) is 10.5 Å².